The van der Waals surface area contributed by atoms with Crippen molar-refractivity contribution in [2.45, 2.75) is 445 Å². The zero-order valence-electron chi connectivity index (χ0n) is 65.5. The standard InChI is InChI=1S/C81H158O17P2/c1-7-9-11-13-15-17-19-21-23-25-29-33-39-45-51-57-63-78(83)91-69-76(97-81(86)66-60-54-48-41-35-31-27-28-32-37-43-49-55-61-73(3)4)71-95-99(87,88)93-67-75(82)68-94-100(89,90)96-72-77(70-92-79(84)64-58-52-46-42-36-38-44-50-56-62-74(5)6)98-80(85)65-59-53-47-40-34-30-26-24-22-20-18-16-14-12-10-8-2/h73-77,82H,7-72H2,1-6H3,(H,87,88)(H,89,90)/t75-,76-,77-/m1/s1. The molecule has 0 aromatic rings. The van der Waals surface area contributed by atoms with Gasteiger partial charge in [0, 0.05) is 25.7 Å². The van der Waals surface area contributed by atoms with Crippen LogP contribution in [0.15, 0.2) is 0 Å². The summed E-state index contributed by atoms with van der Waals surface area (Å²) in [5.41, 5.74) is 0. The fraction of sp³-hybridized carbons (Fsp3) is 0.951. The smallest absolute Gasteiger partial charge is 0.462 e. The summed E-state index contributed by atoms with van der Waals surface area (Å²) in [4.78, 5) is 73.1. The van der Waals surface area contributed by atoms with E-state index in [-0.39, 0.29) is 25.7 Å². The highest BCUT2D eigenvalue weighted by molar-refractivity contribution is 7.47. The minimum Gasteiger partial charge on any atom is -0.462 e. The molecule has 5 atom stereocenters. The van der Waals surface area contributed by atoms with Crippen LogP contribution in [0.1, 0.15) is 427 Å². The molecule has 0 amide bonds. The highest BCUT2D eigenvalue weighted by Gasteiger charge is 2.30. The van der Waals surface area contributed by atoms with E-state index in [0.717, 1.165) is 102 Å². The molecule has 0 aliphatic rings. The van der Waals surface area contributed by atoms with E-state index < -0.39 is 97.5 Å². The molecule has 0 radical (unpaired) electrons. The van der Waals surface area contributed by atoms with Gasteiger partial charge in [-0.15, -0.1) is 0 Å². The number of unbranched alkanes of at least 4 members (excludes halogenated alkanes) is 50. The first kappa shape index (κ1) is 98.1. The molecular weight excluding hydrogens is 1310 g/mol. The third kappa shape index (κ3) is 74.3. The van der Waals surface area contributed by atoms with E-state index in [4.69, 9.17) is 37.0 Å². The van der Waals surface area contributed by atoms with Crippen LogP contribution >= 0.6 is 15.6 Å². The number of hydrogen-bond donors (Lipinski definition) is 3. The summed E-state index contributed by atoms with van der Waals surface area (Å²) >= 11 is 0. The zero-order chi connectivity index (χ0) is 73.5. The van der Waals surface area contributed by atoms with Crippen molar-refractivity contribution in [3.05, 3.63) is 0 Å². The molecule has 0 aliphatic carbocycles. The maximum atomic E-state index is 13.1. The molecular formula is C81H158O17P2. The lowest BCUT2D eigenvalue weighted by Gasteiger charge is -2.21. The lowest BCUT2D eigenvalue weighted by molar-refractivity contribution is -0.161. The number of hydrogen-bond acceptors (Lipinski definition) is 15. The van der Waals surface area contributed by atoms with E-state index in [1.807, 2.05) is 0 Å². The van der Waals surface area contributed by atoms with Gasteiger partial charge in [0.25, 0.3) is 0 Å². The lowest BCUT2D eigenvalue weighted by atomic mass is 10.0. The van der Waals surface area contributed by atoms with Crippen LogP contribution in [0.4, 0.5) is 0 Å². The van der Waals surface area contributed by atoms with Gasteiger partial charge in [-0.3, -0.25) is 37.3 Å². The van der Waals surface area contributed by atoms with Crippen LogP contribution in [0.25, 0.3) is 0 Å². The molecule has 2 unspecified atom stereocenters. The zero-order valence-corrected chi connectivity index (χ0v) is 67.3. The van der Waals surface area contributed by atoms with Gasteiger partial charge in [-0.1, -0.05) is 375 Å². The van der Waals surface area contributed by atoms with E-state index >= 15 is 0 Å². The maximum absolute atomic E-state index is 13.1. The van der Waals surface area contributed by atoms with Gasteiger partial charge in [0.1, 0.15) is 19.3 Å². The van der Waals surface area contributed by atoms with Crippen LogP contribution in [-0.2, 0) is 65.4 Å². The first-order valence-corrected chi connectivity index (χ1v) is 45.0. The van der Waals surface area contributed by atoms with Gasteiger partial charge in [0.15, 0.2) is 12.2 Å². The Labute approximate surface area is 613 Å². The van der Waals surface area contributed by atoms with Crippen LogP contribution in [0.2, 0.25) is 0 Å². The normalized spacial score (nSPS) is 13.9. The number of carbonyl (C=O) groups is 4. The van der Waals surface area contributed by atoms with E-state index in [1.165, 1.54) is 244 Å². The summed E-state index contributed by atoms with van der Waals surface area (Å²) in [6, 6.07) is 0. The second kappa shape index (κ2) is 72.6. The first-order valence-electron chi connectivity index (χ1n) is 42.0. The summed E-state index contributed by atoms with van der Waals surface area (Å²) < 4.78 is 68.8. The molecule has 0 spiro atoms. The maximum Gasteiger partial charge on any atom is 0.472 e. The molecule has 3 N–H and O–H groups in total. The van der Waals surface area contributed by atoms with Gasteiger partial charge in [0.2, 0.25) is 0 Å². The molecule has 0 bridgehead atoms. The molecule has 0 aliphatic heterocycles. The number of phosphoric ester groups is 2. The van der Waals surface area contributed by atoms with Crippen molar-refractivity contribution in [2.75, 3.05) is 39.6 Å². The number of phosphoric acid groups is 2. The average Bonchev–Trinajstić information content (AvgIpc) is 1.02. The molecule has 0 saturated heterocycles. The van der Waals surface area contributed by atoms with Crippen molar-refractivity contribution in [1.82, 2.24) is 0 Å². The number of carbonyl (C=O) groups excluding carboxylic acids is 4. The monoisotopic (exact) mass is 1470 g/mol. The first-order chi connectivity index (χ1) is 48.4. The van der Waals surface area contributed by atoms with Crippen molar-refractivity contribution in [1.29, 1.82) is 0 Å². The van der Waals surface area contributed by atoms with Gasteiger partial charge >= 0.3 is 39.5 Å². The number of esters is 4. The van der Waals surface area contributed by atoms with Crippen molar-refractivity contribution >= 4 is 39.5 Å². The average molecular weight is 1470 g/mol. The Morgan fingerprint density at radius 2 is 0.460 bits per heavy atom. The van der Waals surface area contributed by atoms with E-state index in [0.29, 0.717) is 25.7 Å². The van der Waals surface area contributed by atoms with Crippen molar-refractivity contribution < 1.29 is 80.2 Å². The van der Waals surface area contributed by atoms with Crippen LogP contribution in [0.5, 0.6) is 0 Å². The molecule has 17 nitrogen and oxygen atoms in total. The molecule has 100 heavy (non-hydrogen) atoms. The van der Waals surface area contributed by atoms with Gasteiger partial charge in [-0.05, 0) is 37.5 Å². The van der Waals surface area contributed by atoms with E-state index in [9.17, 15) is 43.2 Å². The van der Waals surface area contributed by atoms with Crippen LogP contribution in [0, 0.1) is 11.8 Å². The lowest BCUT2D eigenvalue weighted by Crippen LogP contribution is -2.30. The topological polar surface area (TPSA) is 237 Å². The van der Waals surface area contributed by atoms with E-state index in [2.05, 4.69) is 41.5 Å². The number of ether oxygens (including phenoxy) is 4. The highest BCUT2D eigenvalue weighted by atomic mass is 31.2. The van der Waals surface area contributed by atoms with E-state index in [1.54, 1.807) is 0 Å². The fourth-order valence-electron chi connectivity index (χ4n) is 12.5. The predicted octanol–water partition coefficient (Wildman–Crippen LogP) is 24.3. The SMILES string of the molecule is CCCCCCCCCCCCCCCCCCC(=O)OC[C@H](COP(=O)(O)OC[C@@H](O)COP(=O)(O)OC[C@@H](COC(=O)CCCCCCCCCCCC(C)C)OC(=O)CCCCCCCCCCCCCCCCCC)OC(=O)CCCCCCCCCCCCCCCC(C)C. The Hall–Kier alpha value is -1.94. The minimum atomic E-state index is -4.96. The third-order valence-electron chi connectivity index (χ3n) is 19.0. The van der Waals surface area contributed by atoms with Crippen molar-refractivity contribution in [2.24, 2.45) is 11.8 Å². The Kier molecular flexibility index (Phi) is 71.2. The summed E-state index contributed by atoms with van der Waals surface area (Å²) in [7, 11) is -9.92. The van der Waals surface area contributed by atoms with Gasteiger partial charge in [-0.25, -0.2) is 9.13 Å². The van der Waals surface area contributed by atoms with Crippen molar-refractivity contribution in [3.63, 3.8) is 0 Å². The molecule has 0 aromatic carbocycles. The van der Waals surface area contributed by atoms with Crippen LogP contribution < -0.4 is 0 Å². The second-order valence-corrected chi connectivity index (χ2v) is 33.0. The largest absolute Gasteiger partial charge is 0.472 e. The fourth-order valence-corrected chi connectivity index (χ4v) is 14.1. The number of rotatable bonds is 80. The minimum absolute atomic E-state index is 0.108. The summed E-state index contributed by atoms with van der Waals surface area (Å²) in [5.74, 6) is -0.576. The third-order valence-corrected chi connectivity index (χ3v) is 20.9. The molecule has 0 saturated carbocycles. The van der Waals surface area contributed by atoms with Gasteiger partial charge in [0.05, 0.1) is 26.4 Å². The predicted molar refractivity (Wildman–Crippen MR) is 409 cm³/mol. The molecule has 0 fully saturated rings. The Bertz CT molecular complexity index is 1920. The Morgan fingerprint density at radius 1 is 0.270 bits per heavy atom. The van der Waals surface area contributed by atoms with Crippen molar-refractivity contribution in [3.8, 4) is 0 Å². The molecule has 19 heteroatoms. The number of aliphatic hydroxyl groups excluding tert-OH is 1. The Balaban J connectivity index is 5.27. The summed E-state index contributed by atoms with van der Waals surface area (Å²) in [6.45, 7) is 9.64. The summed E-state index contributed by atoms with van der Waals surface area (Å²) in [6.07, 6.45) is 62.3. The van der Waals surface area contributed by atoms with Crippen LogP contribution in [0.3, 0.4) is 0 Å². The molecule has 0 rings (SSSR count). The van der Waals surface area contributed by atoms with Gasteiger partial charge in [-0.2, -0.15) is 0 Å². The summed E-state index contributed by atoms with van der Waals surface area (Å²) in [5, 5.41) is 10.6. The van der Waals surface area contributed by atoms with Gasteiger partial charge < -0.3 is 33.8 Å². The highest BCUT2D eigenvalue weighted by Crippen LogP contribution is 2.45. The molecule has 0 heterocycles. The second-order valence-electron chi connectivity index (χ2n) is 30.1. The quantitative estimate of drug-likeness (QED) is 0.0222. The van der Waals surface area contributed by atoms with Crippen LogP contribution in [-0.4, -0.2) is 96.7 Å². The molecule has 594 valence electrons. The number of aliphatic hydroxyl groups is 1. The molecule has 0 aromatic heterocycles. The Morgan fingerprint density at radius 3 is 0.680 bits per heavy atom.